The first-order valence-corrected chi connectivity index (χ1v) is 64.1. The summed E-state index contributed by atoms with van der Waals surface area (Å²) in [5.74, 6) is 3.35. The second kappa shape index (κ2) is 34.8. The molecule has 4 heterocycles. The lowest BCUT2D eigenvalue weighted by Gasteiger charge is -2.31. The van der Waals surface area contributed by atoms with Crippen LogP contribution in [0.1, 0.15) is 0 Å². The molecule has 0 radical (unpaired) electrons. The van der Waals surface area contributed by atoms with Crippen LogP contribution in [-0.4, -0.2) is 32.3 Å². The monoisotopic (exact) mass is 1920 g/mol. The maximum absolute atomic E-state index is 7.12. The Labute approximate surface area is 844 Å². The van der Waals surface area contributed by atoms with E-state index in [4.69, 9.17) is 18.3 Å². The van der Waals surface area contributed by atoms with Gasteiger partial charge >= 0.3 is 0 Å². The molecule has 2 aliphatic rings. The molecule has 8 nitrogen and oxygen atoms in total. The predicted molar refractivity (Wildman–Crippen MR) is 625 cm³/mol. The average molecular weight is 1930 g/mol. The predicted octanol–water partition coefficient (Wildman–Crippen LogP) is 37.0. The minimum atomic E-state index is -1.58. The molecule has 144 heavy (non-hydrogen) atoms. The molecule has 0 unspecified atom stereocenters. The first kappa shape index (κ1) is 89.0. The number of para-hydroxylation sites is 6. The van der Waals surface area contributed by atoms with E-state index in [0.717, 1.165) is 179 Å². The quantitative estimate of drug-likeness (QED) is 0.0622. The highest BCUT2D eigenvalue weighted by molar-refractivity contribution is 6.90. The summed E-state index contributed by atoms with van der Waals surface area (Å²) in [7, 11) is -6.22. The Morgan fingerprint density at radius 3 is 0.847 bits per heavy atom. The number of furan rings is 2. The number of nitrogens with zero attached hydrogens (tertiary/aromatic N) is 4. The van der Waals surface area contributed by atoms with Crippen molar-refractivity contribution in [1.29, 1.82) is 0 Å². The van der Waals surface area contributed by atoms with Crippen LogP contribution in [0.15, 0.2) is 446 Å². The number of fused-ring (bicyclic) bond motifs is 18. The fourth-order valence-corrected chi connectivity index (χ4v) is 26.8. The fourth-order valence-electron chi connectivity index (χ4n) is 22.1. The minimum absolute atomic E-state index is 0.810. The van der Waals surface area contributed by atoms with Crippen LogP contribution >= 0.6 is 0 Å². The summed E-state index contributed by atoms with van der Waals surface area (Å²) in [6.07, 6.45) is 0. The first-order valence-electron chi connectivity index (χ1n) is 50.1. The van der Waals surface area contributed by atoms with Crippen molar-refractivity contribution in [2.24, 2.45) is 0 Å². The Kier molecular flexibility index (Phi) is 21.5. The van der Waals surface area contributed by atoms with Crippen LogP contribution < -0.4 is 49.8 Å². The number of benzene rings is 22. The van der Waals surface area contributed by atoms with Gasteiger partial charge in [-0.3, -0.25) is 0 Å². The zero-order valence-electron chi connectivity index (χ0n) is 83.0. The summed E-state index contributed by atoms with van der Waals surface area (Å²) >= 11 is 0. The van der Waals surface area contributed by atoms with Crippen LogP contribution in [0.25, 0.3) is 153 Å². The van der Waals surface area contributed by atoms with Gasteiger partial charge in [0, 0.05) is 106 Å². The molecule has 0 saturated carbocycles. The molecule has 0 N–H and O–H groups in total. The maximum atomic E-state index is 7.12. The Hall–Kier alpha value is -16.3. The molecular weight excluding hydrogens is 1820 g/mol. The van der Waals surface area contributed by atoms with Gasteiger partial charge in [-0.25, -0.2) is 0 Å². The van der Waals surface area contributed by atoms with Crippen molar-refractivity contribution in [3.05, 3.63) is 437 Å². The summed E-state index contributed by atoms with van der Waals surface area (Å²) in [6, 6.07) is 160. The van der Waals surface area contributed by atoms with Crippen molar-refractivity contribution in [2.45, 2.75) is 78.6 Å². The highest BCUT2D eigenvalue weighted by atomic mass is 28.3. The Balaban J connectivity index is 0.000000151. The van der Waals surface area contributed by atoms with Gasteiger partial charge in [-0.15, -0.1) is 0 Å². The molecule has 0 amide bonds. The highest BCUT2D eigenvalue weighted by Gasteiger charge is 2.34. The van der Waals surface area contributed by atoms with Crippen LogP contribution in [-0.2, 0) is 0 Å². The van der Waals surface area contributed by atoms with Gasteiger partial charge in [-0.2, -0.15) is 0 Å². The Morgan fingerprint density at radius 2 is 0.451 bits per heavy atom. The lowest BCUT2D eigenvalue weighted by atomic mass is 9.88. The summed E-state index contributed by atoms with van der Waals surface area (Å²) in [5, 5.41) is 24.1. The van der Waals surface area contributed by atoms with Gasteiger partial charge in [-0.1, -0.05) is 378 Å². The molecule has 24 aromatic rings. The summed E-state index contributed by atoms with van der Waals surface area (Å²) in [6.45, 7) is 28.9. The molecule has 2 aliphatic heterocycles. The first-order chi connectivity index (χ1) is 69.9. The van der Waals surface area contributed by atoms with E-state index in [1.165, 1.54) is 86.3 Å². The second-order valence-corrected chi connectivity index (χ2v) is 63.0. The zero-order chi connectivity index (χ0) is 97.8. The van der Waals surface area contributed by atoms with E-state index >= 15 is 0 Å². The number of hydrogen-bond donors (Lipinski definition) is 0. The number of rotatable bonds is 18. The largest absolute Gasteiger partial charge is 0.456 e. The van der Waals surface area contributed by atoms with Gasteiger partial charge in [0.25, 0.3) is 0 Å². The van der Waals surface area contributed by atoms with E-state index in [-0.39, 0.29) is 0 Å². The van der Waals surface area contributed by atoms with E-state index in [1.807, 2.05) is 12.1 Å². The van der Waals surface area contributed by atoms with Crippen molar-refractivity contribution in [1.82, 2.24) is 0 Å². The molecule has 0 bridgehead atoms. The molecule has 2 aromatic heterocycles. The Morgan fingerprint density at radius 1 is 0.167 bits per heavy atom. The molecule has 696 valence electrons. The summed E-state index contributed by atoms with van der Waals surface area (Å²) in [4.78, 5) is 9.62. The third kappa shape index (κ3) is 15.4. The van der Waals surface area contributed by atoms with Crippen molar-refractivity contribution in [2.75, 3.05) is 19.6 Å². The van der Waals surface area contributed by atoms with Crippen molar-refractivity contribution < 1.29 is 18.3 Å². The molecule has 0 saturated heterocycles. The zero-order valence-corrected chi connectivity index (χ0v) is 87.0. The highest BCUT2D eigenvalue weighted by Crippen LogP contribution is 2.58. The molecular formula is C132H108N4O4Si4. The van der Waals surface area contributed by atoms with Crippen molar-refractivity contribution in [3.8, 4) is 67.5 Å². The number of hydrogen-bond acceptors (Lipinski definition) is 8. The van der Waals surface area contributed by atoms with E-state index in [2.05, 4.69) is 523 Å². The van der Waals surface area contributed by atoms with Gasteiger partial charge in [0.2, 0.25) is 0 Å². The molecule has 0 aliphatic carbocycles. The van der Waals surface area contributed by atoms with Crippen LogP contribution in [0.5, 0.6) is 23.0 Å². The fraction of sp³-hybridized carbons (Fsp3) is 0.0909. The third-order valence-corrected chi connectivity index (χ3v) is 37.8. The van der Waals surface area contributed by atoms with Gasteiger partial charge in [0.15, 0.2) is 11.2 Å². The topological polar surface area (TPSA) is 57.7 Å². The third-order valence-electron chi connectivity index (χ3n) is 29.5. The normalized spacial score (nSPS) is 12.4. The number of ether oxygens (including phenoxy) is 2. The SMILES string of the molecule is C[Si](C)(C)c1ccc(N(c2ccc3c(c2)Oc2cccc4c2c-3cc2c3ccccc3c(N(c3ccc([Si](C)(C)C)cc3)c3cccc5c3oc3ccccc35)cc42)c2cccc3c2oc2ccccc23)cc1.C[Si](C)(C)c1ccc(N(c2ccc3c(c2)Oc2cccc4c2c-3cc2c3ccccc3c(N(c3ccc([Si](C)(C)C)cc3)c3ccccc3-c3ccccc3)cc42)c2ccccc2-c2ccccc2)cc1. The molecule has 0 atom stereocenters. The Bertz CT molecular complexity index is 9260. The molecule has 0 spiro atoms. The van der Waals surface area contributed by atoms with Crippen LogP contribution in [0.2, 0.25) is 78.6 Å². The summed E-state index contributed by atoms with van der Waals surface area (Å²) < 4.78 is 27.7. The molecule has 12 heteroatoms. The van der Waals surface area contributed by atoms with E-state index in [1.54, 1.807) is 0 Å². The average Bonchev–Trinajstić information content (AvgIpc) is 0.728. The van der Waals surface area contributed by atoms with Crippen LogP contribution in [0, 0.1) is 0 Å². The molecule has 22 aromatic carbocycles. The maximum Gasteiger partial charge on any atom is 0.159 e. The minimum Gasteiger partial charge on any atom is -0.456 e. The van der Waals surface area contributed by atoms with Gasteiger partial charge in [0.05, 0.1) is 72.1 Å². The van der Waals surface area contributed by atoms with E-state index < -0.39 is 32.3 Å². The summed E-state index contributed by atoms with van der Waals surface area (Å²) in [5.41, 5.74) is 25.4. The smallest absolute Gasteiger partial charge is 0.159 e. The van der Waals surface area contributed by atoms with Crippen LogP contribution in [0.4, 0.5) is 68.2 Å². The standard InChI is InChI=1S/C66H52N2O3Si2.C66H56N2OSi2/c1-72(2,3)44-33-28-41(29-34-44)67(57-23-13-21-52-48-18-9-11-25-60(48)70-65(52)57)43-32-37-50-56-39-54-46-16-7-8-17-47(46)59(40-55(54)51-20-15-27-62(64(51)56)69-63(50)38-43)68(42-30-35-45(36-31-42)73(4,5)6)58-24-14-22-53-49-19-10-12-26-61(49)71-66(53)58;1-70(2,3)50-37-32-47(33-38-50)67(61-29-17-15-24-52(61)45-20-9-7-10-21-45)49-36-41-56-60-43-58-54-26-13-14-27-55(54)63(44-59(58)57-28-19-31-64(66(57)60)69-65(56)42-49)68(48-34-39-51(40-35-48)71(4,5)6)62-30-18-16-25-53(62)46-22-11-8-12-23-46/h7-40H,1-6H3;7-44H,1-6H3. The van der Waals surface area contributed by atoms with Crippen LogP contribution in [0.3, 0.4) is 0 Å². The van der Waals surface area contributed by atoms with E-state index in [0.29, 0.717) is 0 Å². The van der Waals surface area contributed by atoms with E-state index in [9.17, 15) is 0 Å². The second-order valence-electron chi connectivity index (χ2n) is 42.6. The van der Waals surface area contributed by atoms with Crippen molar-refractivity contribution in [3.63, 3.8) is 0 Å². The van der Waals surface area contributed by atoms with Crippen molar-refractivity contribution >= 4 is 230 Å². The lowest BCUT2D eigenvalue weighted by Crippen LogP contribution is -2.37. The number of anilines is 12. The van der Waals surface area contributed by atoms with Gasteiger partial charge in [0.1, 0.15) is 34.2 Å². The van der Waals surface area contributed by atoms with Gasteiger partial charge < -0.3 is 37.9 Å². The molecule has 0 fully saturated rings. The lowest BCUT2D eigenvalue weighted by molar-refractivity contribution is 0.487. The molecule has 26 rings (SSSR count). The van der Waals surface area contributed by atoms with Gasteiger partial charge in [-0.05, 0) is 211 Å².